The average molecular weight is 595 g/mol. The minimum Gasteiger partial charge on any atom is -0.237 e. The van der Waals surface area contributed by atoms with Crippen molar-refractivity contribution in [1.29, 1.82) is 0 Å². The molecule has 8 rings (SSSR count). The summed E-state index contributed by atoms with van der Waals surface area (Å²) in [6.07, 6.45) is 0. The molecule has 0 saturated heterocycles. The van der Waals surface area contributed by atoms with Crippen LogP contribution in [0.25, 0.3) is 67.7 Å². The van der Waals surface area contributed by atoms with Gasteiger partial charge in [0.2, 0.25) is 0 Å². The normalized spacial score (nSPS) is 12.8. The van der Waals surface area contributed by atoms with E-state index in [1.54, 1.807) is 0 Å². The lowest BCUT2D eigenvalue weighted by Gasteiger charge is -2.19. The van der Waals surface area contributed by atoms with E-state index in [9.17, 15) is 0 Å². The number of aromatic nitrogens is 4. The van der Waals surface area contributed by atoms with E-state index in [1.165, 1.54) is 21.6 Å². The zero-order valence-corrected chi connectivity index (χ0v) is 26.1. The number of nitrogens with zero attached hydrogens (tertiary/aromatic N) is 4. The van der Waals surface area contributed by atoms with Gasteiger partial charge in [-0.2, -0.15) is 0 Å². The van der Waals surface area contributed by atoms with E-state index in [0.29, 0.717) is 5.82 Å². The van der Waals surface area contributed by atoms with Gasteiger partial charge >= 0.3 is 0 Å². The monoisotopic (exact) mass is 594 g/mol. The molecule has 1 aliphatic heterocycles. The van der Waals surface area contributed by atoms with E-state index in [4.69, 9.17) is 19.9 Å². The molecule has 4 nitrogen and oxygen atoms in total. The van der Waals surface area contributed by atoms with Crippen molar-refractivity contribution in [3.63, 3.8) is 0 Å². The van der Waals surface area contributed by atoms with Gasteiger partial charge in [0.25, 0.3) is 0 Å². The van der Waals surface area contributed by atoms with Crippen LogP contribution in [-0.2, 0) is 0 Å². The van der Waals surface area contributed by atoms with Gasteiger partial charge in [-0.3, -0.25) is 0 Å². The molecule has 1 aliphatic rings. The summed E-state index contributed by atoms with van der Waals surface area (Å²) in [7, 11) is -2.05. The molecular weight excluding hydrogens is 565 g/mol. The Morgan fingerprint density at radius 3 is 1.51 bits per heavy atom. The Bertz CT molecular complexity index is 2120. The highest BCUT2D eigenvalue weighted by atomic mass is 28.3. The molecule has 0 N–H and O–H groups in total. The minimum absolute atomic E-state index is 0.670. The van der Waals surface area contributed by atoms with Crippen molar-refractivity contribution in [2.75, 3.05) is 0 Å². The molecule has 7 aromatic rings. The summed E-state index contributed by atoms with van der Waals surface area (Å²) in [4.78, 5) is 20.8. The minimum atomic E-state index is -2.05. The summed E-state index contributed by atoms with van der Waals surface area (Å²) in [6.45, 7) is 4.79. The molecule has 0 unspecified atom stereocenters. The van der Waals surface area contributed by atoms with Crippen molar-refractivity contribution in [3.8, 4) is 67.7 Å². The maximum absolute atomic E-state index is 5.35. The van der Waals surface area contributed by atoms with E-state index in [2.05, 4.69) is 122 Å². The molecule has 45 heavy (non-hydrogen) atoms. The van der Waals surface area contributed by atoms with Gasteiger partial charge in [-0.15, -0.1) is 0 Å². The zero-order chi connectivity index (χ0) is 30.4. The summed E-state index contributed by atoms with van der Waals surface area (Å²) < 4.78 is 0. The fraction of sp³-hybridized carbons (Fsp3) is 0.0500. The molecule has 5 aromatic carbocycles. The van der Waals surface area contributed by atoms with Gasteiger partial charge in [-0.25, -0.2) is 19.9 Å². The van der Waals surface area contributed by atoms with Crippen LogP contribution in [0.2, 0.25) is 13.1 Å². The van der Waals surface area contributed by atoms with Crippen LogP contribution < -0.4 is 10.5 Å². The SMILES string of the molecule is C[Si]1(C)c2ccccc2-c2c(-c3ccccc3)nc(-c3cccc(-c4nc(-c5ccccc5)cc(-c5ccccc5)n4)c3)nc21. The first kappa shape index (κ1) is 27.1. The highest BCUT2D eigenvalue weighted by Crippen LogP contribution is 2.37. The van der Waals surface area contributed by atoms with E-state index in [0.717, 1.165) is 50.7 Å². The average Bonchev–Trinajstić information content (AvgIpc) is 3.35. The third-order valence-corrected chi connectivity index (χ3v) is 12.0. The number of fused-ring (bicyclic) bond motifs is 3. The molecule has 0 saturated carbocycles. The Balaban J connectivity index is 1.31. The number of hydrogen-bond donors (Lipinski definition) is 0. The van der Waals surface area contributed by atoms with Crippen LogP contribution >= 0.6 is 0 Å². The Hall–Kier alpha value is -5.52. The Kier molecular flexibility index (Phi) is 6.54. The van der Waals surface area contributed by atoms with E-state index in [1.807, 2.05) is 36.4 Å². The summed E-state index contributed by atoms with van der Waals surface area (Å²) in [5, 5.41) is 2.60. The maximum Gasteiger partial charge on any atom is 0.160 e. The summed E-state index contributed by atoms with van der Waals surface area (Å²) >= 11 is 0. The van der Waals surface area contributed by atoms with Crippen LogP contribution in [-0.4, -0.2) is 28.0 Å². The summed E-state index contributed by atoms with van der Waals surface area (Å²) in [5.74, 6) is 1.40. The third kappa shape index (κ3) is 4.78. The topological polar surface area (TPSA) is 51.6 Å². The van der Waals surface area contributed by atoms with Crippen LogP contribution in [0.1, 0.15) is 0 Å². The lowest BCUT2D eigenvalue weighted by Crippen LogP contribution is -2.50. The van der Waals surface area contributed by atoms with Crippen molar-refractivity contribution in [1.82, 2.24) is 19.9 Å². The quantitative estimate of drug-likeness (QED) is 0.188. The van der Waals surface area contributed by atoms with Crippen LogP contribution in [0.3, 0.4) is 0 Å². The van der Waals surface area contributed by atoms with Crippen LogP contribution in [0.15, 0.2) is 146 Å². The molecule has 214 valence electrons. The second-order valence-corrected chi connectivity index (χ2v) is 16.2. The van der Waals surface area contributed by atoms with Gasteiger partial charge in [0.1, 0.15) is 8.07 Å². The molecule has 0 aliphatic carbocycles. The van der Waals surface area contributed by atoms with Crippen LogP contribution in [0.4, 0.5) is 0 Å². The third-order valence-electron chi connectivity index (χ3n) is 8.66. The zero-order valence-electron chi connectivity index (χ0n) is 25.1. The van der Waals surface area contributed by atoms with Gasteiger partial charge in [-0.05, 0) is 22.9 Å². The Morgan fingerprint density at radius 2 is 0.911 bits per heavy atom. The molecule has 5 heteroatoms. The van der Waals surface area contributed by atoms with Crippen molar-refractivity contribution in [2.45, 2.75) is 13.1 Å². The van der Waals surface area contributed by atoms with Crippen molar-refractivity contribution in [2.24, 2.45) is 0 Å². The van der Waals surface area contributed by atoms with Gasteiger partial charge < -0.3 is 0 Å². The highest BCUT2D eigenvalue weighted by Gasteiger charge is 2.41. The maximum atomic E-state index is 5.35. The fourth-order valence-electron chi connectivity index (χ4n) is 6.36. The van der Waals surface area contributed by atoms with E-state index in [-0.39, 0.29) is 0 Å². The van der Waals surface area contributed by atoms with E-state index < -0.39 is 8.07 Å². The van der Waals surface area contributed by atoms with Gasteiger partial charge in [0, 0.05) is 38.7 Å². The lowest BCUT2D eigenvalue weighted by molar-refractivity contribution is 1.18. The molecule has 0 spiro atoms. The van der Waals surface area contributed by atoms with Crippen LogP contribution in [0, 0.1) is 0 Å². The predicted molar refractivity (Wildman–Crippen MR) is 187 cm³/mol. The standard InChI is InChI=1S/C40H30N4Si/c1-45(2)35-24-13-12-23-32(35)36-37(29-19-10-5-11-20-29)43-39(44-40(36)45)31-22-14-21-30(25-31)38-41-33(27-15-6-3-7-16-27)26-34(42-38)28-17-8-4-9-18-28/h3-26H,1-2H3. The van der Waals surface area contributed by atoms with Crippen LogP contribution in [0.5, 0.6) is 0 Å². The van der Waals surface area contributed by atoms with Gasteiger partial charge in [0.05, 0.1) is 17.1 Å². The number of rotatable bonds is 5. The van der Waals surface area contributed by atoms with Crippen molar-refractivity contribution in [3.05, 3.63) is 146 Å². The van der Waals surface area contributed by atoms with E-state index >= 15 is 0 Å². The molecule has 0 atom stereocenters. The number of hydrogen-bond acceptors (Lipinski definition) is 4. The van der Waals surface area contributed by atoms with Gasteiger partial charge in [0.15, 0.2) is 11.6 Å². The first-order chi connectivity index (χ1) is 22.1. The number of benzene rings is 5. The van der Waals surface area contributed by atoms with Crippen molar-refractivity contribution < 1.29 is 0 Å². The molecule has 3 heterocycles. The smallest absolute Gasteiger partial charge is 0.160 e. The summed E-state index contributed by atoms with van der Waals surface area (Å²) in [5.41, 5.74) is 10.3. The fourth-order valence-corrected chi connectivity index (χ4v) is 9.28. The Morgan fingerprint density at radius 1 is 0.422 bits per heavy atom. The second kappa shape index (κ2) is 10.9. The molecule has 0 fully saturated rings. The molecule has 0 bridgehead atoms. The Labute approximate surface area is 264 Å². The molecular formula is C40H30N4Si. The van der Waals surface area contributed by atoms with Crippen molar-refractivity contribution >= 4 is 18.6 Å². The molecule has 0 amide bonds. The van der Waals surface area contributed by atoms with Gasteiger partial charge in [-0.1, -0.05) is 147 Å². The molecule has 2 aromatic heterocycles. The lowest BCUT2D eigenvalue weighted by atomic mass is 10.0. The summed E-state index contributed by atoms with van der Waals surface area (Å²) in [6, 6.07) is 50.3. The highest BCUT2D eigenvalue weighted by molar-refractivity contribution is 7.03. The second-order valence-electron chi connectivity index (χ2n) is 11.9. The predicted octanol–water partition coefficient (Wildman–Crippen LogP) is 8.40. The first-order valence-corrected chi connectivity index (χ1v) is 18.2. The molecule has 0 radical (unpaired) electrons. The largest absolute Gasteiger partial charge is 0.237 e. The first-order valence-electron chi connectivity index (χ1n) is 15.2.